The van der Waals surface area contributed by atoms with Crippen molar-refractivity contribution in [3.63, 3.8) is 0 Å². The standard InChI is InChI=1S/C20H19ClF3N5O2S2/c1-27-6-8-28(9-7-27)18-11-14(3-5-17(18)29-12-25-26-19(29)32)33(30,31)13-2-4-16(21)15(10-13)20(22,23)24/h2-5,10-12H,6-9H2,1H3,(H,26,32). The minimum absolute atomic E-state index is 0.134. The van der Waals surface area contributed by atoms with E-state index in [1.807, 2.05) is 11.9 Å². The molecule has 33 heavy (non-hydrogen) atoms. The zero-order valence-corrected chi connectivity index (χ0v) is 19.7. The van der Waals surface area contributed by atoms with E-state index in [0.717, 1.165) is 25.2 Å². The average Bonchev–Trinajstić information content (AvgIpc) is 3.19. The second-order valence-electron chi connectivity index (χ2n) is 7.62. The third kappa shape index (κ3) is 4.65. The van der Waals surface area contributed by atoms with Gasteiger partial charge in [0.1, 0.15) is 6.33 Å². The summed E-state index contributed by atoms with van der Waals surface area (Å²) in [5.41, 5.74) is 0.00174. The molecule has 1 saturated heterocycles. The van der Waals surface area contributed by atoms with Crippen LogP contribution in [0.2, 0.25) is 5.02 Å². The largest absolute Gasteiger partial charge is 0.417 e. The molecular weight excluding hydrogens is 499 g/mol. The van der Waals surface area contributed by atoms with Gasteiger partial charge < -0.3 is 9.80 Å². The average molecular weight is 518 g/mol. The second-order valence-corrected chi connectivity index (χ2v) is 10.4. The van der Waals surface area contributed by atoms with E-state index in [9.17, 15) is 21.6 Å². The molecule has 1 aliphatic heterocycles. The summed E-state index contributed by atoms with van der Waals surface area (Å²) in [5.74, 6) is 0. The van der Waals surface area contributed by atoms with Gasteiger partial charge in [-0.25, -0.2) is 8.42 Å². The Bertz CT molecular complexity index is 1350. The Balaban J connectivity index is 1.84. The molecule has 0 spiro atoms. The van der Waals surface area contributed by atoms with E-state index < -0.39 is 31.5 Å². The predicted octanol–water partition coefficient (Wildman–Crippen LogP) is 4.19. The van der Waals surface area contributed by atoms with Crippen molar-refractivity contribution in [2.75, 3.05) is 38.1 Å². The Hall–Kier alpha value is -2.41. The van der Waals surface area contributed by atoms with Gasteiger partial charge in [-0.3, -0.25) is 9.67 Å². The molecule has 0 atom stereocenters. The van der Waals surface area contributed by atoms with E-state index >= 15 is 0 Å². The molecule has 2 aromatic carbocycles. The highest BCUT2D eigenvalue weighted by atomic mass is 35.5. The number of aromatic amines is 1. The summed E-state index contributed by atoms with van der Waals surface area (Å²) in [6, 6.07) is 6.97. The monoisotopic (exact) mass is 517 g/mol. The number of likely N-dealkylation sites (N-methyl/N-ethyl adjacent to an activating group) is 1. The van der Waals surface area contributed by atoms with Crippen LogP contribution in [-0.2, 0) is 16.0 Å². The van der Waals surface area contributed by atoms with Crippen LogP contribution < -0.4 is 4.90 Å². The van der Waals surface area contributed by atoms with Crippen LogP contribution in [0.1, 0.15) is 5.56 Å². The Morgan fingerprint density at radius 3 is 2.27 bits per heavy atom. The number of nitrogens with zero attached hydrogens (tertiary/aromatic N) is 4. The number of aromatic nitrogens is 3. The summed E-state index contributed by atoms with van der Waals surface area (Å²) in [5, 5.41) is 6.02. The number of anilines is 1. The zero-order chi connectivity index (χ0) is 24.0. The summed E-state index contributed by atoms with van der Waals surface area (Å²) in [7, 11) is -2.27. The number of benzene rings is 2. The van der Waals surface area contributed by atoms with Gasteiger partial charge in [-0.05, 0) is 55.7 Å². The molecule has 1 aromatic heterocycles. The number of hydrogen-bond donors (Lipinski definition) is 1. The zero-order valence-electron chi connectivity index (χ0n) is 17.3. The molecule has 13 heteroatoms. The quantitative estimate of drug-likeness (QED) is 0.523. The summed E-state index contributed by atoms with van der Waals surface area (Å²) in [4.78, 5) is 3.54. The van der Waals surface area contributed by atoms with Crippen LogP contribution in [0.5, 0.6) is 0 Å². The first-order chi connectivity index (χ1) is 15.5. The van der Waals surface area contributed by atoms with E-state index in [1.165, 1.54) is 18.5 Å². The maximum atomic E-state index is 13.3. The van der Waals surface area contributed by atoms with Crippen LogP contribution in [0.3, 0.4) is 0 Å². The maximum absolute atomic E-state index is 13.3. The van der Waals surface area contributed by atoms with Gasteiger partial charge >= 0.3 is 6.18 Å². The van der Waals surface area contributed by atoms with Crippen molar-refractivity contribution in [2.45, 2.75) is 16.0 Å². The molecule has 1 fully saturated rings. The third-order valence-corrected chi connectivity index (χ3v) is 7.83. The van der Waals surface area contributed by atoms with Crippen molar-refractivity contribution in [3.8, 4) is 5.69 Å². The number of rotatable bonds is 4. The molecular formula is C20H19ClF3N5O2S2. The van der Waals surface area contributed by atoms with Gasteiger partial charge in [0.2, 0.25) is 9.84 Å². The molecule has 3 aromatic rings. The first-order valence-electron chi connectivity index (χ1n) is 9.80. The van der Waals surface area contributed by atoms with Crippen LogP contribution in [0, 0.1) is 4.77 Å². The van der Waals surface area contributed by atoms with Crippen molar-refractivity contribution < 1.29 is 21.6 Å². The van der Waals surface area contributed by atoms with Crippen LogP contribution >= 0.6 is 23.8 Å². The topological polar surface area (TPSA) is 74.2 Å². The second kappa shape index (κ2) is 8.75. The van der Waals surface area contributed by atoms with E-state index in [0.29, 0.717) is 35.3 Å². The van der Waals surface area contributed by atoms with E-state index in [1.54, 1.807) is 10.6 Å². The molecule has 7 nitrogen and oxygen atoms in total. The fourth-order valence-corrected chi connectivity index (χ4v) is 5.35. The van der Waals surface area contributed by atoms with Crippen molar-refractivity contribution in [3.05, 3.63) is 58.1 Å². The van der Waals surface area contributed by atoms with E-state index in [4.69, 9.17) is 23.8 Å². The molecule has 0 bridgehead atoms. The first-order valence-corrected chi connectivity index (χ1v) is 12.1. The molecule has 1 N–H and O–H groups in total. The molecule has 1 aliphatic rings. The number of H-pyrrole nitrogens is 1. The normalized spacial score (nSPS) is 15.7. The molecule has 176 valence electrons. The summed E-state index contributed by atoms with van der Waals surface area (Å²) in [6.07, 6.45) is -3.30. The SMILES string of the molecule is CN1CCN(c2cc(S(=O)(=O)c3ccc(Cl)c(C(F)(F)F)c3)ccc2-n2cn[nH]c2=S)CC1. The van der Waals surface area contributed by atoms with Crippen molar-refractivity contribution in [1.29, 1.82) is 0 Å². The summed E-state index contributed by atoms with van der Waals surface area (Å²) in [6.45, 7) is 2.80. The molecule has 4 rings (SSSR count). The summed E-state index contributed by atoms with van der Waals surface area (Å²) < 4.78 is 68.4. The maximum Gasteiger partial charge on any atom is 0.417 e. The first kappa shape index (κ1) is 23.7. The molecule has 0 amide bonds. The Morgan fingerprint density at radius 1 is 1.03 bits per heavy atom. The van der Waals surface area contributed by atoms with Crippen LogP contribution in [0.15, 0.2) is 52.5 Å². The fraction of sp³-hybridized carbons (Fsp3) is 0.300. The molecule has 0 unspecified atom stereocenters. The van der Waals surface area contributed by atoms with Crippen molar-refractivity contribution in [2.24, 2.45) is 0 Å². The third-order valence-electron chi connectivity index (χ3n) is 5.47. The minimum atomic E-state index is -4.78. The summed E-state index contributed by atoms with van der Waals surface area (Å²) >= 11 is 10.9. The smallest absolute Gasteiger partial charge is 0.367 e. The molecule has 0 radical (unpaired) electrons. The van der Waals surface area contributed by atoms with Gasteiger partial charge in [0, 0.05) is 26.2 Å². The highest BCUT2D eigenvalue weighted by molar-refractivity contribution is 7.91. The lowest BCUT2D eigenvalue weighted by atomic mass is 10.2. The number of alkyl halides is 3. The van der Waals surface area contributed by atoms with Crippen LogP contribution in [-0.4, -0.2) is 61.3 Å². The van der Waals surface area contributed by atoms with Gasteiger partial charge in [0.05, 0.1) is 31.8 Å². The van der Waals surface area contributed by atoms with Gasteiger partial charge in [-0.1, -0.05) is 11.6 Å². The lowest BCUT2D eigenvalue weighted by Crippen LogP contribution is -2.44. The Kier molecular flexibility index (Phi) is 6.29. The predicted molar refractivity (Wildman–Crippen MR) is 120 cm³/mol. The Labute approximate surface area is 198 Å². The Morgan fingerprint density at radius 2 is 1.67 bits per heavy atom. The van der Waals surface area contributed by atoms with Crippen molar-refractivity contribution in [1.82, 2.24) is 19.7 Å². The van der Waals surface area contributed by atoms with Crippen molar-refractivity contribution >= 4 is 39.3 Å². The highest BCUT2D eigenvalue weighted by Gasteiger charge is 2.35. The number of nitrogens with one attached hydrogen (secondary N) is 1. The molecule has 0 aliphatic carbocycles. The van der Waals surface area contributed by atoms with Crippen LogP contribution in [0.4, 0.5) is 18.9 Å². The number of piperazine rings is 1. The van der Waals surface area contributed by atoms with Crippen LogP contribution in [0.25, 0.3) is 5.69 Å². The molecule has 2 heterocycles. The van der Waals surface area contributed by atoms with Gasteiger partial charge in [0.25, 0.3) is 0 Å². The van der Waals surface area contributed by atoms with Gasteiger partial charge in [-0.15, -0.1) is 0 Å². The fourth-order valence-electron chi connectivity index (χ4n) is 3.62. The van der Waals surface area contributed by atoms with Gasteiger partial charge in [0.15, 0.2) is 4.77 Å². The number of sulfone groups is 1. The number of hydrogen-bond acceptors (Lipinski definition) is 6. The van der Waals surface area contributed by atoms with E-state index in [-0.39, 0.29) is 4.90 Å². The lowest BCUT2D eigenvalue weighted by Gasteiger charge is -2.35. The number of halogens is 4. The minimum Gasteiger partial charge on any atom is -0.367 e. The molecule has 0 saturated carbocycles. The van der Waals surface area contributed by atoms with E-state index in [2.05, 4.69) is 15.1 Å². The van der Waals surface area contributed by atoms with Gasteiger partial charge in [-0.2, -0.15) is 18.3 Å². The highest BCUT2D eigenvalue weighted by Crippen LogP contribution is 2.38. The lowest BCUT2D eigenvalue weighted by molar-refractivity contribution is -0.137.